The SMILES string of the molecule is COc1ccc(F)c(NC(=O)C(N)C(C)(C)C)c1. The molecule has 1 aromatic carbocycles. The van der Waals surface area contributed by atoms with E-state index >= 15 is 0 Å². The number of carbonyl (C=O) groups excluding carboxylic acids is 1. The zero-order chi connectivity index (χ0) is 13.9. The van der Waals surface area contributed by atoms with Crippen LogP contribution in [0.4, 0.5) is 10.1 Å². The highest BCUT2D eigenvalue weighted by atomic mass is 19.1. The van der Waals surface area contributed by atoms with Gasteiger partial charge in [-0.25, -0.2) is 4.39 Å². The Morgan fingerprint density at radius 2 is 2.06 bits per heavy atom. The fourth-order valence-corrected chi connectivity index (χ4v) is 1.33. The zero-order valence-corrected chi connectivity index (χ0v) is 11.1. The Bertz CT molecular complexity index is 441. The van der Waals surface area contributed by atoms with Gasteiger partial charge in [-0.15, -0.1) is 0 Å². The van der Waals surface area contributed by atoms with Gasteiger partial charge in [0.1, 0.15) is 11.6 Å². The lowest BCUT2D eigenvalue weighted by atomic mass is 9.87. The molecule has 0 aliphatic carbocycles. The molecule has 0 saturated heterocycles. The maximum absolute atomic E-state index is 13.5. The smallest absolute Gasteiger partial charge is 0.241 e. The van der Waals surface area contributed by atoms with Gasteiger partial charge in [0.2, 0.25) is 5.91 Å². The molecule has 18 heavy (non-hydrogen) atoms. The van der Waals surface area contributed by atoms with Crippen LogP contribution in [0.15, 0.2) is 18.2 Å². The van der Waals surface area contributed by atoms with E-state index in [9.17, 15) is 9.18 Å². The van der Waals surface area contributed by atoms with Gasteiger partial charge in [-0.1, -0.05) is 20.8 Å². The summed E-state index contributed by atoms with van der Waals surface area (Å²) in [5.74, 6) is -0.476. The number of rotatable bonds is 3. The largest absolute Gasteiger partial charge is 0.497 e. The van der Waals surface area contributed by atoms with Crippen molar-refractivity contribution in [2.45, 2.75) is 26.8 Å². The molecule has 0 fully saturated rings. The fraction of sp³-hybridized carbons (Fsp3) is 0.462. The van der Waals surface area contributed by atoms with Crippen LogP contribution < -0.4 is 15.8 Å². The predicted octanol–water partition coefficient (Wildman–Crippen LogP) is 2.15. The molecular formula is C13H19FN2O2. The van der Waals surface area contributed by atoms with Crippen molar-refractivity contribution in [3.63, 3.8) is 0 Å². The van der Waals surface area contributed by atoms with Gasteiger partial charge in [0.15, 0.2) is 0 Å². The zero-order valence-electron chi connectivity index (χ0n) is 11.1. The number of hydrogen-bond donors (Lipinski definition) is 2. The first kappa shape index (κ1) is 14.4. The van der Waals surface area contributed by atoms with E-state index in [1.165, 1.54) is 25.3 Å². The molecule has 3 N–H and O–H groups in total. The van der Waals surface area contributed by atoms with Crippen LogP contribution in [-0.2, 0) is 4.79 Å². The van der Waals surface area contributed by atoms with Crippen molar-refractivity contribution in [3.05, 3.63) is 24.0 Å². The number of carbonyl (C=O) groups is 1. The molecule has 0 bridgehead atoms. The van der Waals surface area contributed by atoms with Gasteiger partial charge in [-0.3, -0.25) is 4.79 Å². The van der Waals surface area contributed by atoms with Crippen LogP contribution in [0, 0.1) is 11.2 Å². The molecule has 5 heteroatoms. The van der Waals surface area contributed by atoms with Gasteiger partial charge in [-0.05, 0) is 17.5 Å². The Balaban J connectivity index is 2.88. The Morgan fingerprint density at radius 1 is 1.44 bits per heavy atom. The van der Waals surface area contributed by atoms with Gasteiger partial charge in [0.05, 0.1) is 18.8 Å². The second kappa shape index (κ2) is 5.35. The lowest BCUT2D eigenvalue weighted by Crippen LogP contribution is -2.45. The minimum absolute atomic E-state index is 0.0686. The number of amides is 1. The summed E-state index contributed by atoms with van der Waals surface area (Å²) in [6, 6.07) is 3.41. The topological polar surface area (TPSA) is 64.3 Å². The monoisotopic (exact) mass is 254 g/mol. The van der Waals surface area contributed by atoms with Crippen LogP contribution in [0.3, 0.4) is 0 Å². The van der Waals surface area contributed by atoms with Crippen molar-refractivity contribution in [2.75, 3.05) is 12.4 Å². The van der Waals surface area contributed by atoms with Crippen molar-refractivity contribution < 1.29 is 13.9 Å². The lowest BCUT2D eigenvalue weighted by Gasteiger charge is -2.25. The van der Waals surface area contributed by atoms with E-state index < -0.39 is 17.8 Å². The summed E-state index contributed by atoms with van der Waals surface area (Å²) in [7, 11) is 1.47. The molecule has 0 heterocycles. The summed E-state index contributed by atoms with van der Waals surface area (Å²) in [5, 5.41) is 2.47. The second-order valence-corrected chi connectivity index (χ2v) is 5.18. The first-order valence-corrected chi connectivity index (χ1v) is 5.65. The van der Waals surface area contributed by atoms with Crippen LogP contribution in [-0.4, -0.2) is 19.1 Å². The van der Waals surface area contributed by atoms with E-state index in [2.05, 4.69) is 5.32 Å². The Labute approximate surface area is 106 Å². The molecule has 1 atom stereocenters. The molecule has 4 nitrogen and oxygen atoms in total. The highest BCUT2D eigenvalue weighted by molar-refractivity contribution is 5.95. The summed E-state index contributed by atoms with van der Waals surface area (Å²) in [5.41, 5.74) is 5.48. The maximum Gasteiger partial charge on any atom is 0.241 e. The van der Waals surface area contributed by atoms with Crippen molar-refractivity contribution >= 4 is 11.6 Å². The Kier molecular flexibility index (Phi) is 4.29. The molecule has 0 aromatic heterocycles. The highest BCUT2D eigenvalue weighted by Crippen LogP contribution is 2.23. The number of nitrogens with one attached hydrogen (secondary N) is 1. The van der Waals surface area contributed by atoms with Crippen LogP contribution in [0.5, 0.6) is 5.75 Å². The number of anilines is 1. The van der Waals surface area contributed by atoms with E-state index in [0.717, 1.165) is 0 Å². The Morgan fingerprint density at radius 3 is 2.56 bits per heavy atom. The quantitative estimate of drug-likeness (QED) is 0.868. The van der Waals surface area contributed by atoms with Gasteiger partial charge in [0.25, 0.3) is 0 Å². The Hall–Kier alpha value is -1.62. The lowest BCUT2D eigenvalue weighted by molar-refractivity contribution is -0.119. The van der Waals surface area contributed by atoms with Gasteiger partial charge in [-0.2, -0.15) is 0 Å². The summed E-state index contributed by atoms with van der Waals surface area (Å²) in [6.45, 7) is 5.54. The fourth-order valence-electron chi connectivity index (χ4n) is 1.33. The third-order valence-electron chi connectivity index (χ3n) is 2.65. The molecule has 0 spiro atoms. The highest BCUT2D eigenvalue weighted by Gasteiger charge is 2.27. The first-order chi connectivity index (χ1) is 8.25. The maximum atomic E-state index is 13.5. The van der Waals surface area contributed by atoms with Crippen molar-refractivity contribution in [2.24, 2.45) is 11.1 Å². The molecule has 1 rings (SSSR count). The third kappa shape index (κ3) is 3.43. The molecule has 1 aromatic rings. The molecule has 0 radical (unpaired) electrons. The van der Waals surface area contributed by atoms with E-state index in [4.69, 9.17) is 10.5 Å². The number of halogens is 1. The van der Waals surface area contributed by atoms with Gasteiger partial charge >= 0.3 is 0 Å². The van der Waals surface area contributed by atoms with Crippen LogP contribution in [0.25, 0.3) is 0 Å². The number of ether oxygens (including phenoxy) is 1. The standard InChI is InChI=1S/C13H19FN2O2/c1-13(2,3)11(15)12(17)16-10-7-8(18-4)5-6-9(10)14/h5-7,11H,15H2,1-4H3,(H,16,17). The molecule has 0 saturated carbocycles. The molecule has 1 amide bonds. The molecule has 100 valence electrons. The molecule has 0 aliphatic heterocycles. The van der Waals surface area contributed by atoms with Crippen molar-refractivity contribution in [1.29, 1.82) is 0 Å². The summed E-state index contributed by atoms with van der Waals surface area (Å²) >= 11 is 0. The summed E-state index contributed by atoms with van der Waals surface area (Å²) in [4.78, 5) is 11.9. The third-order valence-corrected chi connectivity index (χ3v) is 2.65. The number of hydrogen-bond acceptors (Lipinski definition) is 3. The van der Waals surface area contributed by atoms with Gasteiger partial charge in [0, 0.05) is 6.07 Å². The number of nitrogens with two attached hydrogens (primary N) is 1. The number of benzene rings is 1. The minimum atomic E-state index is -0.719. The average molecular weight is 254 g/mol. The van der Waals surface area contributed by atoms with Crippen LogP contribution in [0.1, 0.15) is 20.8 Å². The second-order valence-electron chi connectivity index (χ2n) is 5.18. The van der Waals surface area contributed by atoms with Gasteiger partial charge < -0.3 is 15.8 Å². The van der Waals surface area contributed by atoms with E-state index in [1.54, 1.807) is 0 Å². The van der Waals surface area contributed by atoms with Crippen LogP contribution in [0.2, 0.25) is 0 Å². The average Bonchev–Trinajstić information content (AvgIpc) is 2.29. The van der Waals surface area contributed by atoms with Crippen molar-refractivity contribution in [1.82, 2.24) is 0 Å². The predicted molar refractivity (Wildman–Crippen MR) is 69.0 cm³/mol. The van der Waals surface area contributed by atoms with Crippen molar-refractivity contribution in [3.8, 4) is 5.75 Å². The summed E-state index contributed by atoms with van der Waals surface area (Å²) < 4.78 is 18.5. The van der Waals surface area contributed by atoms with E-state index in [1.807, 2.05) is 20.8 Å². The van der Waals surface area contributed by atoms with E-state index in [0.29, 0.717) is 5.75 Å². The minimum Gasteiger partial charge on any atom is -0.497 e. The normalized spacial score (nSPS) is 13.0. The first-order valence-electron chi connectivity index (χ1n) is 5.65. The molecule has 0 aliphatic rings. The summed E-state index contributed by atoms with van der Waals surface area (Å²) in [6.07, 6.45) is 0. The van der Waals surface area contributed by atoms with Crippen LogP contribution >= 0.6 is 0 Å². The molecular weight excluding hydrogens is 235 g/mol. The molecule has 1 unspecified atom stereocenters. The number of methoxy groups -OCH3 is 1. The van der Waals surface area contributed by atoms with E-state index in [-0.39, 0.29) is 11.1 Å².